The van der Waals surface area contributed by atoms with Crippen LogP contribution in [0.4, 0.5) is 10.2 Å². The number of rotatable bonds is 2. The van der Waals surface area contributed by atoms with Gasteiger partial charge in [0.2, 0.25) is 0 Å². The molecule has 45 heavy (non-hydrogen) atoms. The Hall–Kier alpha value is -3.27. The van der Waals surface area contributed by atoms with Gasteiger partial charge in [-0.1, -0.05) is 0 Å². The van der Waals surface area contributed by atoms with Crippen molar-refractivity contribution in [1.29, 1.82) is 0 Å². The summed E-state index contributed by atoms with van der Waals surface area (Å²) >= 11 is 0. The van der Waals surface area contributed by atoms with Crippen molar-refractivity contribution in [1.82, 2.24) is 39.0 Å². The zero-order valence-corrected chi connectivity index (χ0v) is 24.5. The highest BCUT2D eigenvalue weighted by Crippen LogP contribution is 2.51. The molecule has 7 heterocycles. The third-order valence-corrected chi connectivity index (χ3v) is 9.30. The number of aryl methyl sites for hydroxylation is 1. The van der Waals surface area contributed by atoms with Gasteiger partial charge in [-0.05, 0) is 6.92 Å². The smallest absolute Gasteiger partial charge is 0.279 e. The zero-order valence-electron chi connectivity index (χ0n) is 22.7. The number of fused-ring (bicyclic) bond motifs is 5. The summed E-state index contributed by atoms with van der Waals surface area (Å²) in [6.07, 6.45) is -10.9. The van der Waals surface area contributed by atoms with E-state index in [2.05, 4.69) is 29.9 Å². The third-order valence-electron chi connectivity index (χ3n) is 7.36. The molecule has 3 fully saturated rings. The minimum Gasteiger partial charge on any atom is -0.756 e. The maximum atomic E-state index is 15.8. The summed E-state index contributed by atoms with van der Waals surface area (Å²) in [7, 11) is -10.8. The molecule has 0 saturated carbocycles. The molecular weight excluding hydrogens is 651 g/mol. The number of aliphatic hydroxyl groups excluding tert-OH is 1. The summed E-state index contributed by atoms with van der Waals surface area (Å²) in [6, 6.07) is 0. The third kappa shape index (κ3) is 5.36. The van der Waals surface area contributed by atoms with E-state index < -0.39 is 83.6 Å². The van der Waals surface area contributed by atoms with E-state index in [1.807, 2.05) is 0 Å². The van der Waals surface area contributed by atoms with Gasteiger partial charge in [0.15, 0.2) is 41.3 Å². The minimum absolute atomic E-state index is 0.0186. The van der Waals surface area contributed by atoms with Gasteiger partial charge in [0, 0.05) is 0 Å². The quantitative estimate of drug-likeness (QED) is 0.196. The lowest BCUT2D eigenvalue weighted by molar-refractivity contribution is -0.240. The normalized spacial score (nSPS) is 37.7. The Kier molecular flexibility index (Phi) is 7.37. The summed E-state index contributed by atoms with van der Waals surface area (Å²) in [5.74, 6) is 0.166. The first-order valence-electron chi connectivity index (χ1n) is 13.1. The lowest BCUT2D eigenvalue weighted by atomic mass is 10.1. The number of hydrogen-bond donors (Lipinski definition) is 3. The van der Waals surface area contributed by atoms with Crippen LogP contribution in [0.3, 0.4) is 0 Å². The van der Waals surface area contributed by atoms with E-state index in [-0.39, 0.29) is 34.0 Å². The zero-order chi connectivity index (χ0) is 31.8. The predicted octanol–water partition coefficient (Wildman–Crippen LogP) is -1.90. The largest absolute Gasteiger partial charge is 0.756 e. The fourth-order valence-corrected chi connectivity index (χ4v) is 7.20. The molecule has 0 aliphatic carbocycles. The number of aromatic nitrogens is 8. The van der Waals surface area contributed by atoms with Crippen molar-refractivity contribution in [2.24, 2.45) is 0 Å². The van der Waals surface area contributed by atoms with Gasteiger partial charge in [-0.3, -0.25) is 23.1 Å². The fourth-order valence-electron chi connectivity index (χ4n) is 5.34. The molecule has 2 bridgehead atoms. The van der Waals surface area contributed by atoms with Crippen LogP contribution in [0.2, 0.25) is 0 Å². The van der Waals surface area contributed by atoms with Crippen molar-refractivity contribution in [2.75, 3.05) is 18.9 Å². The second-order valence-electron chi connectivity index (χ2n) is 10.2. The van der Waals surface area contributed by atoms with Gasteiger partial charge in [0.1, 0.15) is 48.2 Å². The van der Waals surface area contributed by atoms with Gasteiger partial charge in [-0.2, -0.15) is 0 Å². The number of ether oxygens (including phenoxy) is 2. The number of nitrogens with two attached hydrogens (primary N) is 1. The molecule has 4 aromatic rings. The Morgan fingerprint density at radius 3 is 2.31 bits per heavy atom. The Labute approximate surface area is 249 Å². The van der Waals surface area contributed by atoms with Crippen molar-refractivity contribution >= 4 is 43.8 Å². The average molecular weight is 673 g/mol. The lowest BCUT2D eigenvalue weighted by Gasteiger charge is -2.32. The number of nitrogen functional groups attached to an aromatic ring is 1. The molecular formula is C21H22FN9O12P2-2. The number of phosphoric ester groups is 2. The number of alkyl halides is 1. The number of anilines is 1. The molecule has 21 nitrogen and oxygen atoms in total. The van der Waals surface area contributed by atoms with Crippen molar-refractivity contribution in [3.05, 3.63) is 35.2 Å². The molecule has 7 rings (SSSR count). The van der Waals surface area contributed by atoms with E-state index in [1.165, 1.54) is 6.92 Å². The number of nitrogens with zero attached hydrogens (tertiary/aromatic N) is 7. The summed E-state index contributed by atoms with van der Waals surface area (Å²) < 4.78 is 75.5. The number of aliphatic hydroxyl groups is 1. The number of aromatic amines is 1. The highest BCUT2D eigenvalue weighted by atomic mass is 31.2. The van der Waals surface area contributed by atoms with Crippen LogP contribution in [0.15, 0.2) is 23.8 Å². The predicted molar refractivity (Wildman–Crippen MR) is 138 cm³/mol. The summed E-state index contributed by atoms with van der Waals surface area (Å²) in [6.45, 7) is -0.419. The number of H-pyrrole nitrogens is 1. The van der Waals surface area contributed by atoms with Gasteiger partial charge in [-0.25, -0.2) is 29.3 Å². The fraction of sp³-hybridized carbons (Fsp3) is 0.524. The number of phosphoric acid groups is 2. The van der Waals surface area contributed by atoms with E-state index in [0.29, 0.717) is 0 Å². The number of imidazole rings is 2. The SMILES string of the molecule is Cc1nc2c(ncn2[C@@H]2O[C@@H]3COP(=O)([O-])O[C@@H]4C(F)[C@H](n5cnc6c(N)ncnc65)O[C@@H]4COP(=O)([O-])O[C@H]2C3O)c(=O)[nH]1. The molecule has 0 radical (unpaired) electrons. The summed E-state index contributed by atoms with van der Waals surface area (Å²) in [5.41, 5.74) is 5.14. The first-order valence-corrected chi connectivity index (χ1v) is 16.0. The number of nitrogens with one attached hydrogen (secondary N) is 1. The maximum Gasteiger partial charge on any atom is 0.279 e. The van der Waals surface area contributed by atoms with E-state index in [0.717, 1.165) is 28.1 Å². The average Bonchev–Trinajstić information content (AvgIpc) is 3.72. The highest BCUT2D eigenvalue weighted by molar-refractivity contribution is 7.46. The lowest BCUT2D eigenvalue weighted by Crippen LogP contribution is -2.36. The van der Waals surface area contributed by atoms with E-state index in [9.17, 15) is 28.8 Å². The van der Waals surface area contributed by atoms with Crippen LogP contribution >= 0.6 is 15.6 Å². The molecule has 4 N–H and O–H groups in total. The van der Waals surface area contributed by atoms with Gasteiger partial charge >= 0.3 is 0 Å². The van der Waals surface area contributed by atoms with Gasteiger partial charge in [0.25, 0.3) is 21.2 Å². The molecule has 242 valence electrons. The Bertz CT molecular complexity index is 1940. The molecule has 4 unspecified atom stereocenters. The van der Waals surface area contributed by atoms with Gasteiger partial charge in [0.05, 0.1) is 25.9 Å². The van der Waals surface area contributed by atoms with Crippen molar-refractivity contribution in [3.8, 4) is 0 Å². The first-order chi connectivity index (χ1) is 21.3. The second kappa shape index (κ2) is 10.9. The van der Waals surface area contributed by atoms with Crippen LogP contribution in [0.5, 0.6) is 0 Å². The van der Waals surface area contributed by atoms with Crippen LogP contribution in [0, 0.1) is 6.92 Å². The first kappa shape index (κ1) is 30.4. The molecule has 0 aromatic carbocycles. The molecule has 3 aliphatic heterocycles. The second-order valence-corrected chi connectivity index (χ2v) is 13.0. The van der Waals surface area contributed by atoms with Crippen LogP contribution in [0.25, 0.3) is 22.3 Å². The molecule has 24 heteroatoms. The minimum atomic E-state index is -5.40. The monoisotopic (exact) mass is 673 g/mol. The van der Waals surface area contributed by atoms with E-state index >= 15 is 4.39 Å². The van der Waals surface area contributed by atoms with Crippen molar-refractivity contribution in [2.45, 2.75) is 56.1 Å². The van der Waals surface area contributed by atoms with Crippen LogP contribution < -0.4 is 21.1 Å². The van der Waals surface area contributed by atoms with Crippen molar-refractivity contribution < 1.29 is 56.0 Å². The van der Waals surface area contributed by atoms with Gasteiger partial charge in [-0.15, -0.1) is 0 Å². The molecule has 0 amide bonds. The molecule has 0 spiro atoms. The van der Waals surface area contributed by atoms with Crippen molar-refractivity contribution in [3.63, 3.8) is 0 Å². The number of hydrogen-bond acceptors (Lipinski definition) is 18. The Balaban J connectivity index is 1.21. The Morgan fingerprint density at radius 2 is 1.58 bits per heavy atom. The van der Waals surface area contributed by atoms with Gasteiger partial charge < -0.3 is 53.2 Å². The molecule has 10 atom stereocenters. The maximum absolute atomic E-state index is 15.8. The van der Waals surface area contributed by atoms with E-state index in [4.69, 9.17) is 33.3 Å². The topological polar surface area (TPSA) is 289 Å². The standard InChI is InChI=1S/C21H24FN9O12P2/c1-7-28-18-12(19(33)29-7)27-6-31(18)21-15-13(32)8(40-21)2-38-44(34,35)42-14-9(3-39-45(36,37)43-15)41-20(10(14)22)30-5-26-11-16(23)24-4-25-17(11)30/h4-6,8-10,13-15,20-21,32H,2-3H2,1H3,(H,34,35)(H,36,37)(H2,23,24,25)(H,28,29,33)/p-2/t8-,9-,10?,13?,14+,15+,20-,21-/m1/s1. The van der Waals surface area contributed by atoms with Crippen LogP contribution in [-0.2, 0) is 36.7 Å². The summed E-state index contributed by atoms with van der Waals surface area (Å²) in [4.78, 5) is 60.7. The Morgan fingerprint density at radius 1 is 0.956 bits per heavy atom. The summed E-state index contributed by atoms with van der Waals surface area (Å²) in [5, 5.41) is 11.0. The highest BCUT2D eigenvalue weighted by Gasteiger charge is 2.52. The van der Waals surface area contributed by atoms with Crippen LogP contribution in [0.1, 0.15) is 18.3 Å². The number of halogens is 1. The molecule has 4 aromatic heterocycles. The molecule has 3 saturated heterocycles. The molecule has 3 aliphatic rings. The van der Waals surface area contributed by atoms with Crippen LogP contribution in [-0.4, -0.2) is 94.0 Å². The van der Waals surface area contributed by atoms with E-state index in [1.54, 1.807) is 0 Å².